The lowest BCUT2D eigenvalue weighted by molar-refractivity contribution is 0.386. The van der Waals surface area contributed by atoms with Crippen LogP contribution in [0.25, 0.3) is 0 Å². The Kier molecular flexibility index (Phi) is 4.84. The molecule has 1 aromatic heterocycles. The molecule has 0 fully saturated rings. The van der Waals surface area contributed by atoms with Crippen LogP contribution in [-0.4, -0.2) is 36.7 Å². The Labute approximate surface area is 111 Å². The monoisotopic (exact) mass is 249 g/mol. The van der Waals surface area contributed by atoms with Crippen LogP contribution in [0.15, 0.2) is 12.4 Å². The number of fused-ring (bicyclic) bond motifs is 1. The van der Waals surface area contributed by atoms with Crippen molar-refractivity contribution in [3.63, 3.8) is 0 Å². The van der Waals surface area contributed by atoms with Crippen molar-refractivity contribution in [1.29, 1.82) is 0 Å². The largest absolute Gasteiger partial charge is 0.354 e. The van der Waals surface area contributed by atoms with Crippen molar-refractivity contribution in [1.82, 2.24) is 14.8 Å². The third-order valence-corrected chi connectivity index (χ3v) is 3.78. The summed E-state index contributed by atoms with van der Waals surface area (Å²) in [6, 6.07) is 0.592. The van der Waals surface area contributed by atoms with Crippen LogP contribution < -0.4 is 5.32 Å². The Hall–Kier alpha value is -0.800. The standard InChI is InChI=1S/C15H27N3/c1-4-16-15-8-5-7-13-11-18(12-14(13)15)10-6-9-17(2)3/h11-12,15-16H,4-10H2,1-3H3. The zero-order valence-corrected chi connectivity index (χ0v) is 12.1. The molecule has 0 bridgehead atoms. The molecule has 18 heavy (non-hydrogen) atoms. The maximum absolute atomic E-state index is 3.61. The number of hydrogen-bond donors (Lipinski definition) is 1. The molecule has 102 valence electrons. The van der Waals surface area contributed by atoms with Crippen molar-refractivity contribution < 1.29 is 0 Å². The minimum absolute atomic E-state index is 0.592. The first-order valence-corrected chi connectivity index (χ1v) is 7.27. The van der Waals surface area contributed by atoms with Gasteiger partial charge in [0.2, 0.25) is 0 Å². The van der Waals surface area contributed by atoms with Crippen LogP contribution in [0.4, 0.5) is 0 Å². The number of hydrogen-bond acceptors (Lipinski definition) is 2. The molecule has 1 aliphatic rings. The van der Waals surface area contributed by atoms with Gasteiger partial charge in [0, 0.05) is 25.0 Å². The van der Waals surface area contributed by atoms with Crippen LogP contribution in [0.1, 0.15) is 43.4 Å². The zero-order valence-electron chi connectivity index (χ0n) is 12.1. The van der Waals surface area contributed by atoms with E-state index < -0.39 is 0 Å². The SMILES string of the molecule is CCNC1CCCc2cn(CCCN(C)C)cc21. The predicted octanol–water partition coefficient (Wildman–Crippen LogP) is 2.43. The Morgan fingerprint density at radius 3 is 2.94 bits per heavy atom. The lowest BCUT2D eigenvalue weighted by atomic mass is 9.91. The molecule has 0 saturated carbocycles. The van der Waals surface area contributed by atoms with Gasteiger partial charge in [0.05, 0.1) is 0 Å². The van der Waals surface area contributed by atoms with Gasteiger partial charge in [-0.2, -0.15) is 0 Å². The molecule has 1 N–H and O–H groups in total. The molecule has 0 amide bonds. The van der Waals surface area contributed by atoms with E-state index in [-0.39, 0.29) is 0 Å². The first-order chi connectivity index (χ1) is 8.70. The number of rotatable bonds is 6. The number of aromatic nitrogens is 1. The quantitative estimate of drug-likeness (QED) is 0.835. The number of aryl methyl sites for hydroxylation is 2. The molecular formula is C15H27N3. The highest BCUT2D eigenvalue weighted by Crippen LogP contribution is 2.30. The van der Waals surface area contributed by atoms with E-state index >= 15 is 0 Å². The molecule has 1 aliphatic carbocycles. The van der Waals surface area contributed by atoms with E-state index in [1.807, 2.05) is 0 Å². The normalized spacial score (nSPS) is 19.2. The first kappa shape index (κ1) is 13.6. The van der Waals surface area contributed by atoms with Gasteiger partial charge < -0.3 is 14.8 Å². The van der Waals surface area contributed by atoms with Gasteiger partial charge in [-0.15, -0.1) is 0 Å². The smallest absolute Gasteiger partial charge is 0.0338 e. The van der Waals surface area contributed by atoms with Crippen LogP contribution >= 0.6 is 0 Å². The van der Waals surface area contributed by atoms with Crippen molar-refractivity contribution in [2.45, 2.75) is 45.2 Å². The Balaban J connectivity index is 1.98. The van der Waals surface area contributed by atoms with Gasteiger partial charge in [0.15, 0.2) is 0 Å². The fourth-order valence-electron chi connectivity index (χ4n) is 2.91. The van der Waals surface area contributed by atoms with Crippen LogP contribution in [-0.2, 0) is 13.0 Å². The zero-order chi connectivity index (χ0) is 13.0. The molecule has 3 nitrogen and oxygen atoms in total. The van der Waals surface area contributed by atoms with Crippen molar-refractivity contribution in [2.75, 3.05) is 27.2 Å². The summed E-state index contributed by atoms with van der Waals surface area (Å²) in [4.78, 5) is 2.25. The molecule has 1 unspecified atom stereocenters. The molecule has 1 aromatic rings. The second kappa shape index (κ2) is 6.39. The molecule has 0 radical (unpaired) electrons. The highest BCUT2D eigenvalue weighted by Gasteiger charge is 2.20. The fourth-order valence-corrected chi connectivity index (χ4v) is 2.91. The van der Waals surface area contributed by atoms with Crippen LogP contribution in [0, 0.1) is 0 Å². The third-order valence-electron chi connectivity index (χ3n) is 3.78. The topological polar surface area (TPSA) is 20.2 Å². The average Bonchev–Trinajstić information content (AvgIpc) is 2.73. The van der Waals surface area contributed by atoms with E-state index in [0.29, 0.717) is 6.04 Å². The Bertz CT molecular complexity index is 368. The third kappa shape index (κ3) is 3.36. The highest BCUT2D eigenvalue weighted by atomic mass is 15.1. The minimum Gasteiger partial charge on any atom is -0.354 e. The van der Waals surface area contributed by atoms with Gasteiger partial charge in [0.1, 0.15) is 0 Å². The van der Waals surface area contributed by atoms with Crippen molar-refractivity contribution in [3.8, 4) is 0 Å². The molecule has 1 heterocycles. The summed E-state index contributed by atoms with van der Waals surface area (Å²) in [5, 5.41) is 3.61. The lowest BCUT2D eigenvalue weighted by Crippen LogP contribution is -2.23. The van der Waals surface area contributed by atoms with Gasteiger partial charge >= 0.3 is 0 Å². The highest BCUT2D eigenvalue weighted by molar-refractivity contribution is 5.30. The summed E-state index contributed by atoms with van der Waals surface area (Å²) in [5.41, 5.74) is 3.12. The fraction of sp³-hybridized carbons (Fsp3) is 0.733. The van der Waals surface area contributed by atoms with Crippen molar-refractivity contribution >= 4 is 0 Å². The molecule has 3 heteroatoms. The summed E-state index contributed by atoms with van der Waals surface area (Å²) < 4.78 is 2.39. The molecular weight excluding hydrogens is 222 g/mol. The molecule has 0 aromatic carbocycles. The number of nitrogens with one attached hydrogen (secondary N) is 1. The van der Waals surface area contributed by atoms with Crippen LogP contribution in [0.5, 0.6) is 0 Å². The number of nitrogens with zero attached hydrogens (tertiary/aromatic N) is 2. The summed E-state index contributed by atoms with van der Waals surface area (Å²) in [6.07, 6.45) is 9.85. The molecule has 2 rings (SSSR count). The van der Waals surface area contributed by atoms with Gasteiger partial charge in [-0.1, -0.05) is 6.92 Å². The average molecular weight is 249 g/mol. The van der Waals surface area contributed by atoms with E-state index in [2.05, 4.69) is 48.2 Å². The van der Waals surface area contributed by atoms with E-state index in [1.165, 1.54) is 32.2 Å². The van der Waals surface area contributed by atoms with E-state index in [1.54, 1.807) is 11.1 Å². The predicted molar refractivity (Wildman–Crippen MR) is 77.0 cm³/mol. The van der Waals surface area contributed by atoms with E-state index in [4.69, 9.17) is 0 Å². The summed E-state index contributed by atoms with van der Waals surface area (Å²) in [5.74, 6) is 0. The van der Waals surface area contributed by atoms with E-state index in [9.17, 15) is 0 Å². The van der Waals surface area contributed by atoms with Crippen molar-refractivity contribution in [3.05, 3.63) is 23.5 Å². The summed E-state index contributed by atoms with van der Waals surface area (Å²) >= 11 is 0. The van der Waals surface area contributed by atoms with Crippen LogP contribution in [0.3, 0.4) is 0 Å². The molecule has 0 aliphatic heterocycles. The van der Waals surface area contributed by atoms with Gasteiger partial charge in [-0.25, -0.2) is 0 Å². The first-order valence-electron chi connectivity index (χ1n) is 7.27. The van der Waals surface area contributed by atoms with Crippen LogP contribution in [0.2, 0.25) is 0 Å². The van der Waals surface area contributed by atoms with E-state index in [0.717, 1.165) is 13.1 Å². The summed E-state index contributed by atoms with van der Waals surface area (Å²) in [7, 11) is 4.28. The Morgan fingerprint density at radius 1 is 1.39 bits per heavy atom. The maximum Gasteiger partial charge on any atom is 0.0338 e. The molecule has 0 spiro atoms. The van der Waals surface area contributed by atoms with Gasteiger partial charge in [0.25, 0.3) is 0 Å². The molecule has 1 atom stereocenters. The second-order valence-electron chi connectivity index (χ2n) is 5.64. The molecule has 0 saturated heterocycles. The van der Waals surface area contributed by atoms with Crippen molar-refractivity contribution in [2.24, 2.45) is 0 Å². The second-order valence-corrected chi connectivity index (χ2v) is 5.64. The summed E-state index contributed by atoms with van der Waals surface area (Å²) in [6.45, 7) is 5.57. The maximum atomic E-state index is 3.61. The van der Waals surface area contributed by atoms with Gasteiger partial charge in [-0.05, 0) is 64.0 Å². The van der Waals surface area contributed by atoms with Gasteiger partial charge in [-0.3, -0.25) is 0 Å². The Morgan fingerprint density at radius 2 is 2.22 bits per heavy atom. The lowest BCUT2D eigenvalue weighted by Gasteiger charge is -2.22. The minimum atomic E-state index is 0.592.